The lowest BCUT2D eigenvalue weighted by Crippen LogP contribution is -2.35. The largest absolute Gasteiger partial charge is 0.462 e. The monoisotopic (exact) mass is 439 g/mol. The van der Waals surface area contributed by atoms with E-state index in [1.807, 2.05) is 26.8 Å². The van der Waals surface area contributed by atoms with Crippen LogP contribution in [0.2, 0.25) is 0 Å². The summed E-state index contributed by atoms with van der Waals surface area (Å²) in [5.74, 6) is -0.487. The first-order chi connectivity index (χ1) is 12.1. The Bertz CT molecular complexity index is 830. The number of thiophene rings is 1. The Morgan fingerprint density at radius 2 is 2.15 bits per heavy atom. The SMILES string of the molecule is CCOC(=O)C1=C(N)OC2=C(C(=O)CC(C)(C)C2)[C@@H]1c1cc(Br)c(C)s1. The number of Topliss-reactive ketones (excluding diaryl/α,β-unsaturated/α-hetero) is 1. The van der Waals surface area contributed by atoms with Crippen molar-refractivity contribution in [3.05, 3.63) is 43.1 Å². The van der Waals surface area contributed by atoms with Crippen molar-refractivity contribution in [1.29, 1.82) is 0 Å². The van der Waals surface area contributed by atoms with Gasteiger partial charge in [-0.3, -0.25) is 4.79 Å². The highest BCUT2D eigenvalue weighted by Crippen LogP contribution is 2.50. The van der Waals surface area contributed by atoms with Crippen molar-refractivity contribution in [3.8, 4) is 0 Å². The molecule has 2 aliphatic rings. The van der Waals surface area contributed by atoms with Gasteiger partial charge in [0.15, 0.2) is 5.78 Å². The number of hydrogen-bond acceptors (Lipinski definition) is 6. The molecule has 140 valence electrons. The molecule has 0 saturated carbocycles. The summed E-state index contributed by atoms with van der Waals surface area (Å²) in [5.41, 5.74) is 6.68. The summed E-state index contributed by atoms with van der Waals surface area (Å²) < 4.78 is 11.9. The fourth-order valence-electron chi connectivity index (χ4n) is 3.50. The van der Waals surface area contributed by atoms with Gasteiger partial charge in [0, 0.05) is 32.6 Å². The van der Waals surface area contributed by atoms with E-state index in [1.165, 1.54) is 11.3 Å². The van der Waals surface area contributed by atoms with Crippen LogP contribution in [0, 0.1) is 12.3 Å². The van der Waals surface area contributed by atoms with E-state index in [0.29, 0.717) is 24.2 Å². The number of esters is 1. The molecule has 7 heteroatoms. The van der Waals surface area contributed by atoms with Crippen LogP contribution in [0.4, 0.5) is 0 Å². The zero-order valence-corrected chi connectivity index (χ0v) is 17.7. The van der Waals surface area contributed by atoms with Crippen LogP contribution in [0.15, 0.2) is 33.3 Å². The van der Waals surface area contributed by atoms with Gasteiger partial charge in [-0.2, -0.15) is 0 Å². The van der Waals surface area contributed by atoms with E-state index in [2.05, 4.69) is 15.9 Å². The van der Waals surface area contributed by atoms with Gasteiger partial charge in [-0.1, -0.05) is 13.8 Å². The number of carbonyl (C=O) groups is 2. The molecule has 0 amide bonds. The Morgan fingerprint density at radius 1 is 1.46 bits per heavy atom. The number of carbonyl (C=O) groups excluding carboxylic acids is 2. The molecular formula is C19H22BrNO4S. The van der Waals surface area contributed by atoms with Crippen LogP contribution < -0.4 is 5.73 Å². The Hall–Kier alpha value is -1.60. The topological polar surface area (TPSA) is 78.6 Å². The molecule has 0 aromatic carbocycles. The van der Waals surface area contributed by atoms with Crippen LogP contribution in [0.3, 0.4) is 0 Å². The molecule has 0 radical (unpaired) electrons. The highest BCUT2D eigenvalue weighted by Gasteiger charge is 2.45. The predicted molar refractivity (Wildman–Crippen MR) is 103 cm³/mol. The molecule has 1 aliphatic heterocycles. The smallest absolute Gasteiger partial charge is 0.340 e. The average Bonchev–Trinajstić information content (AvgIpc) is 2.83. The lowest BCUT2D eigenvalue weighted by molar-refractivity contribution is -0.139. The van der Waals surface area contributed by atoms with E-state index in [1.54, 1.807) is 6.92 Å². The molecule has 1 atom stereocenters. The van der Waals surface area contributed by atoms with Gasteiger partial charge >= 0.3 is 5.97 Å². The van der Waals surface area contributed by atoms with E-state index in [4.69, 9.17) is 15.2 Å². The first-order valence-corrected chi connectivity index (χ1v) is 10.1. The van der Waals surface area contributed by atoms with Gasteiger partial charge in [-0.05, 0) is 41.3 Å². The maximum Gasteiger partial charge on any atom is 0.340 e. The van der Waals surface area contributed by atoms with E-state index < -0.39 is 11.9 Å². The second kappa shape index (κ2) is 6.85. The highest BCUT2D eigenvalue weighted by molar-refractivity contribution is 9.10. The van der Waals surface area contributed by atoms with Gasteiger partial charge in [0.05, 0.1) is 12.5 Å². The molecule has 0 bridgehead atoms. The van der Waals surface area contributed by atoms with E-state index in [-0.39, 0.29) is 29.3 Å². The standard InChI is InChI=1S/C19H22BrNO4S/c1-5-24-18(23)16-15(13-6-10(20)9(2)26-13)14-11(22)7-19(3,4)8-12(14)25-17(16)21/h6,15H,5,7-8,21H2,1-4H3/t15-/m0/s1. The highest BCUT2D eigenvalue weighted by atomic mass is 79.9. The second-order valence-corrected chi connectivity index (χ2v) is 9.51. The average molecular weight is 440 g/mol. The molecule has 2 N–H and O–H groups in total. The van der Waals surface area contributed by atoms with Crippen molar-refractivity contribution in [2.24, 2.45) is 11.1 Å². The van der Waals surface area contributed by atoms with Gasteiger partial charge in [0.1, 0.15) is 11.3 Å². The molecule has 5 nitrogen and oxygen atoms in total. The third kappa shape index (κ3) is 3.34. The first kappa shape index (κ1) is 19.2. The van der Waals surface area contributed by atoms with Crippen molar-refractivity contribution >= 4 is 39.0 Å². The molecule has 0 fully saturated rings. The van der Waals surface area contributed by atoms with Crippen LogP contribution in [0.5, 0.6) is 0 Å². The Balaban J connectivity index is 2.18. The molecule has 2 heterocycles. The molecule has 1 aliphatic carbocycles. The molecule has 3 rings (SSSR count). The Labute approximate surface area is 165 Å². The summed E-state index contributed by atoms with van der Waals surface area (Å²) in [7, 11) is 0. The molecule has 26 heavy (non-hydrogen) atoms. The summed E-state index contributed by atoms with van der Waals surface area (Å²) >= 11 is 5.05. The molecular weight excluding hydrogens is 418 g/mol. The van der Waals surface area contributed by atoms with Gasteiger partial charge < -0.3 is 15.2 Å². The van der Waals surface area contributed by atoms with Gasteiger partial charge in [-0.25, -0.2) is 4.79 Å². The van der Waals surface area contributed by atoms with Crippen molar-refractivity contribution < 1.29 is 19.1 Å². The third-order valence-corrected chi connectivity index (χ3v) is 6.81. The minimum Gasteiger partial charge on any atom is -0.462 e. The Morgan fingerprint density at radius 3 is 2.73 bits per heavy atom. The van der Waals surface area contributed by atoms with E-state index >= 15 is 0 Å². The zero-order chi connectivity index (χ0) is 19.2. The number of hydrogen-bond donors (Lipinski definition) is 1. The number of ketones is 1. The summed E-state index contributed by atoms with van der Waals surface area (Å²) in [6, 6.07) is 1.94. The van der Waals surface area contributed by atoms with Crippen molar-refractivity contribution in [1.82, 2.24) is 0 Å². The summed E-state index contributed by atoms with van der Waals surface area (Å²) in [5, 5.41) is 0. The number of allylic oxidation sites excluding steroid dienone is 2. The summed E-state index contributed by atoms with van der Waals surface area (Å²) in [6.07, 6.45) is 1.01. The maximum atomic E-state index is 13.0. The van der Waals surface area contributed by atoms with Crippen LogP contribution in [-0.4, -0.2) is 18.4 Å². The number of aryl methyl sites for hydroxylation is 1. The lowest BCUT2D eigenvalue weighted by Gasteiger charge is -2.37. The lowest BCUT2D eigenvalue weighted by atomic mass is 9.71. The normalized spacial score (nSPS) is 22.2. The zero-order valence-electron chi connectivity index (χ0n) is 15.3. The molecule has 1 aromatic heterocycles. The minimum absolute atomic E-state index is 0.00211. The second-order valence-electron chi connectivity index (χ2n) is 7.36. The van der Waals surface area contributed by atoms with Gasteiger partial charge in [-0.15, -0.1) is 11.3 Å². The minimum atomic E-state index is -0.545. The molecule has 0 unspecified atom stereocenters. The van der Waals surface area contributed by atoms with Crippen LogP contribution in [-0.2, 0) is 19.1 Å². The van der Waals surface area contributed by atoms with E-state index in [9.17, 15) is 9.59 Å². The quantitative estimate of drug-likeness (QED) is 0.709. The first-order valence-electron chi connectivity index (χ1n) is 8.51. The fraction of sp³-hybridized carbons (Fsp3) is 0.474. The molecule has 1 aromatic rings. The van der Waals surface area contributed by atoms with Crippen molar-refractivity contribution in [2.45, 2.75) is 46.5 Å². The Kier molecular flexibility index (Phi) is 5.05. The van der Waals surface area contributed by atoms with E-state index in [0.717, 1.165) is 14.2 Å². The van der Waals surface area contributed by atoms with Crippen molar-refractivity contribution in [2.75, 3.05) is 6.61 Å². The van der Waals surface area contributed by atoms with Gasteiger partial charge in [0.2, 0.25) is 5.88 Å². The summed E-state index contributed by atoms with van der Waals surface area (Å²) in [4.78, 5) is 27.6. The molecule has 0 spiro atoms. The number of halogens is 1. The van der Waals surface area contributed by atoms with Crippen molar-refractivity contribution in [3.63, 3.8) is 0 Å². The van der Waals surface area contributed by atoms with Crippen LogP contribution in [0.25, 0.3) is 0 Å². The third-order valence-electron chi connectivity index (χ3n) is 4.61. The summed E-state index contributed by atoms with van der Waals surface area (Å²) in [6.45, 7) is 8.00. The number of ether oxygens (including phenoxy) is 2. The maximum absolute atomic E-state index is 13.0. The number of rotatable bonds is 3. The van der Waals surface area contributed by atoms with Crippen LogP contribution in [0.1, 0.15) is 49.3 Å². The van der Waals surface area contributed by atoms with Gasteiger partial charge in [0.25, 0.3) is 0 Å². The number of nitrogens with two attached hydrogens (primary N) is 1. The van der Waals surface area contributed by atoms with Crippen LogP contribution >= 0.6 is 27.3 Å². The fourth-order valence-corrected chi connectivity index (χ4v) is 5.18. The predicted octanol–water partition coefficient (Wildman–Crippen LogP) is 4.31. The molecule has 0 saturated heterocycles.